The number of aryl methyl sites for hydroxylation is 1. The van der Waals surface area contributed by atoms with Crippen LogP contribution in [0.5, 0.6) is 0 Å². The molecule has 4 nitrogen and oxygen atoms in total. The monoisotopic (exact) mass is 294 g/mol. The van der Waals surface area contributed by atoms with Crippen molar-refractivity contribution < 1.29 is 9.59 Å². The molecule has 0 bridgehead atoms. The van der Waals surface area contributed by atoms with Gasteiger partial charge in [0.1, 0.15) is 6.04 Å². The highest BCUT2D eigenvalue weighted by atomic mass is 16.2. The number of para-hydroxylation sites is 1. The topological polar surface area (TPSA) is 49.4 Å². The molecule has 112 valence electrons. The molecule has 22 heavy (non-hydrogen) atoms. The number of imide groups is 1. The first-order chi connectivity index (χ1) is 10.7. The maximum absolute atomic E-state index is 12.5. The van der Waals surface area contributed by atoms with Crippen LogP contribution in [0.4, 0.5) is 11.4 Å². The molecule has 1 aliphatic rings. The van der Waals surface area contributed by atoms with Crippen molar-refractivity contribution in [2.75, 3.05) is 10.2 Å². The highest BCUT2D eigenvalue weighted by molar-refractivity contribution is 6.23. The molecule has 2 amide bonds. The molecule has 0 spiro atoms. The van der Waals surface area contributed by atoms with Gasteiger partial charge in [-0.05, 0) is 36.2 Å². The van der Waals surface area contributed by atoms with Gasteiger partial charge >= 0.3 is 0 Å². The summed E-state index contributed by atoms with van der Waals surface area (Å²) in [5.74, 6) is -0.360. The number of amides is 2. The number of anilines is 2. The summed E-state index contributed by atoms with van der Waals surface area (Å²) in [5.41, 5.74) is 2.67. The lowest BCUT2D eigenvalue weighted by Crippen LogP contribution is -2.34. The third-order valence-electron chi connectivity index (χ3n) is 3.86. The average Bonchev–Trinajstić information content (AvgIpc) is 2.82. The first-order valence-corrected chi connectivity index (χ1v) is 7.46. The van der Waals surface area contributed by atoms with E-state index in [1.54, 1.807) is 0 Å². The van der Waals surface area contributed by atoms with E-state index in [1.165, 1.54) is 10.5 Å². The molecule has 1 N–H and O–H groups in total. The minimum absolute atomic E-state index is 0.164. The van der Waals surface area contributed by atoms with E-state index >= 15 is 0 Å². The van der Waals surface area contributed by atoms with E-state index in [0.29, 0.717) is 5.69 Å². The molecule has 1 fully saturated rings. The molecule has 0 radical (unpaired) electrons. The third kappa shape index (κ3) is 2.72. The summed E-state index contributed by atoms with van der Waals surface area (Å²) < 4.78 is 0. The highest BCUT2D eigenvalue weighted by Gasteiger charge is 2.39. The zero-order valence-electron chi connectivity index (χ0n) is 12.5. The van der Waals surface area contributed by atoms with Gasteiger partial charge in [-0.15, -0.1) is 0 Å². The molecule has 1 heterocycles. The number of hydrogen-bond donors (Lipinski definition) is 1. The zero-order valence-corrected chi connectivity index (χ0v) is 12.5. The van der Waals surface area contributed by atoms with Crippen molar-refractivity contribution >= 4 is 23.2 Å². The van der Waals surface area contributed by atoms with Gasteiger partial charge in [-0.25, -0.2) is 4.90 Å². The van der Waals surface area contributed by atoms with E-state index in [4.69, 9.17) is 0 Å². The maximum Gasteiger partial charge on any atom is 0.256 e. The Morgan fingerprint density at radius 1 is 1.05 bits per heavy atom. The number of rotatable bonds is 4. The molecule has 2 aromatic carbocycles. The summed E-state index contributed by atoms with van der Waals surface area (Å²) in [5, 5.41) is 3.13. The minimum Gasteiger partial charge on any atom is -0.373 e. The maximum atomic E-state index is 12.5. The molecule has 2 aromatic rings. The Bertz CT molecular complexity index is 680. The van der Waals surface area contributed by atoms with Crippen LogP contribution in [0.1, 0.15) is 18.9 Å². The molecule has 0 unspecified atom stereocenters. The standard InChI is InChI=1S/C18H18N2O2/c1-2-13-8-10-15(11-9-13)20-17(21)12-16(18(20)22)19-14-6-4-3-5-7-14/h3-11,16,19H,2,12H2,1H3/t16-/m0/s1. The summed E-state index contributed by atoms with van der Waals surface area (Å²) in [4.78, 5) is 26.0. The number of carbonyl (C=O) groups is 2. The van der Waals surface area contributed by atoms with Crippen LogP contribution in [0.2, 0.25) is 0 Å². The summed E-state index contributed by atoms with van der Waals surface area (Å²) in [6.07, 6.45) is 1.11. The Kier molecular flexibility index (Phi) is 3.92. The lowest BCUT2D eigenvalue weighted by molar-refractivity contribution is -0.121. The predicted octanol–water partition coefficient (Wildman–Crippen LogP) is 2.99. The van der Waals surface area contributed by atoms with Gasteiger partial charge in [-0.1, -0.05) is 37.3 Å². The second kappa shape index (κ2) is 6.02. The van der Waals surface area contributed by atoms with Crippen molar-refractivity contribution in [3.05, 3.63) is 60.2 Å². The van der Waals surface area contributed by atoms with E-state index in [1.807, 2.05) is 54.6 Å². The van der Waals surface area contributed by atoms with Crippen LogP contribution in [-0.2, 0) is 16.0 Å². The molecule has 1 aliphatic heterocycles. The van der Waals surface area contributed by atoms with Gasteiger partial charge in [0.15, 0.2) is 0 Å². The molecule has 3 rings (SSSR count). The van der Waals surface area contributed by atoms with E-state index < -0.39 is 6.04 Å². The largest absolute Gasteiger partial charge is 0.373 e. The molecule has 1 atom stereocenters. The Morgan fingerprint density at radius 3 is 2.36 bits per heavy atom. The van der Waals surface area contributed by atoms with E-state index in [2.05, 4.69) is 12.2 Å². The van der Waals surface area contributed by atoms with Crippen molar-refractivity contribution in [3.8, 4) is 0 Å². The number of hydrogen-bond acceptors (Lipinski definition) is 3. The molecular formula is C18H18N2O2. The van der Waals surface area contributed by atoms with Crippen molar-refractivity contribution in [3.63, 3.8) is 0 Å². The minimum atomic E-state index is -0.499. The van der Waals surface area contributed by atoms with Gasteiger partial charge in [-0.3, -0.25) is 9.59 Å². The number of benzene rings is 2. The number of nitrogens with zero attached hydrogens (tertiary/aromatic N) is 1. The average molecular weight is 294 g/mol. The van der Waals surface area contributed by atoms with Gasteiger partial charge in [-0.2, -0.15) is 0 Å². The molecule has 0 saturated carbocycles. The first-order valence-electron chi connectivity index (χ1n) is 7.46. The fourth-order valence-corrected chi connectivity index (χ4v) is 2.63. The molecule has 4 heteroatoms. The Morgan fingerprint density at radius 2 is 1.73 bits per heavy atom. The second-order valence-corrected chi connectivity index (χ2v) is 5.35. The van der Waals surface area contributed by atoms with Crippen LogP contribution in [0.25, 0.3) is 0 Å². The Labute approximate surface area is 129 Å². The van der Waals surface area contributed by atoms with Gasteiger partial charge < -0.3 is 5.32 Å². The van der Waals surface area contributed by atoms with E-state index in [9.17, 15) is 9.59 Å². The lowest BCUT2D eigenvalue weighted by Gasteiger charge is -2.16. The normalized spacial score (nSPS) is 17.9. The van der Waals surface area contributed by atoms with E-state index in [-0.39, 0.29) is 18.2 Å². The van der Waals surface area contributed by atoms with Crippen molar-refractivity contribution in [2.45, 2.75) is 25.8 Å². The molecule has 0 aliphatic carbocycles. The van der Waals surface area contributed by atoms with Crippen LogP contribution in [0, 0.1) is 0 Å². The summed E-state index contributed by atoms with van der Waals surface area (Å²) in [7, 11) is 0. The SMILES string of the molecule is CCc1ccc(N2C(=O)C[C@H](Nc3ccccc3)C2=O)cc1. The van der Waals surface area contributed by atoms with Crippen LogP contribution in [-0.4, -0.2) is 17.9 Å². The highest BCUT2D eigenvalue weighted by Crippen LogP contribution is 2.25. The second-order valence-electron chi connectivity index (χ2n) is 5.35. The van der Waals surface area contributed by atoms with Gasteiger partial charge in [0.05, 0.1) is 12.1 Å². The first kappa shape index (κ1) is 14.3. The fourth-order valence-electron chi connectivity index (χ4n) is 2.63. The third-order valence-corrected chi connectivity index (χ3v) is 3.86. The smallest absolute Gasteiger partial charge is 0.256 e. The van der Waals surface area contributed by atoms with Crippen LogP contribution >= 0.6 is 0 Å². The van der Waals surface area contributed by atoms with E-state index in [0.717, 1.165) is 12.1 Å². The summed E-state index contributed by atoms with van der Waals surface area (Å²) in [6.45, 7) is 2.07. The fraction of sp³-hybridized carbons (Fsp3) is 0.222. The zero-order chi connectivity index (χ0) is 15.5. The summed E-state index contributed by atoms with van der Waals surface area (Å²) in [6, 6.07) is 16.5. The van der Waals surface area contributed by atoms with Crippen LogP contribution < -0.4 is 10.2 Å². The van der Waals surface area contributed by atoms with Crippen LogP contribution in [0.3, 0.4) is 0 Å². The molecule has 1 saturated heterocycles. The quantitative estimate of drug-likeness (QED) is 0.882. The number of nitrogens with one attached hydrogen (secondary N) is 1. The van der Waals surface area contributed by atoms with Gasteiger partial charge in [0.2, 0.25) is 5.91 Å². The molecule has 0 aromatic heterocycles. The molecular weight excluding hydrogens is 276 g/mol. The Balaban J connectivity index is 1.79. The van der Waals surface area contributed by atoms with Gasteiger partial charge in [0.25, 0.3) is 5.91 Å². The summed E-state index contributed by atoms with van der Waals surface area (Å²) >= 11 is 0. The van der Waals surface area contributed by atoms with Crippen molar-refractivity contribution in [2.24, 2.45) is 0 Å². The van der Waals surface area contributed by atoms with Gasteiger partial charge in [0, 0.05) is 5.69 Å². The van der Waals surface area contributed by atoms with Crippen LogP contribution in [0.15, 0.2) is 54.6 Å². The van der Waals surface area contributed by atoms with Crippen molar-refractivity contribution in [1.82, 2.24) is 0 Å². The Hall–Kier alpha value is -2.62. The number of carbonyl (C=O) groups excluding carboxylic acids is 2. The van der Waals surface area contributed by atoms with Crippen molar-refractivity contribution in [1.29, 1.82) is 0 Å². The lowest BCUT2D eigenvalue weighted by atomic mass is 10.1. The predicted molar refractivity (Wildman–Crippen MR) is 86.8 cm³/mol.